The number of benzene rings is 1. The quantitative estimate of drug-likeness (QED) is 0.628. The number of hydrogen-bond donors (Lipinski definition) is 1. The second-order valence-electron chi connectivity index (χ2n) is 6.51. The van der Waals surface area contributed by atoms with Crippen molar-refractivity contribution < 1.29 is 0 Å². The molecule has 0 saturated heterocycles. The summed E-state index contributed by atoms with van der Waals surface area (Å²) in [5.74, 6) is 0. The van der Waals surface area contributed by atoms with Crippen molar-refractivity contribution in [2.75, 3.05) is 0 Å². The molecule has 25 heavy (non-hydrogen) atoms. The lowest BCUT2D eigenvalue weighted by molar-refractivity contribution is 0.714. The summed E-state index contributed by atoms with van der Waals surface area (Å²) in [6.07, 6.45) is 5.10. The first kappa shape index (κ1) is 14.3. The van der Waals surface area contributed by atoms with Gasteiger partial charge in [0.1, 0.15) is 0 Å². The number of aromatic nitrogens is 4. The molecule has 5 heteroatoms. The van der Waals surface area contributed by atoms with Gasteiger partial charge in [0.2, 0.25) is 0 Å². The summed E-state index contributed by atoms with van der Waals surface area (Å²) in [4.78, 5) is 15.6. The summed E-state index contributed by atoms with van der Waals surface area (Å²) < 4.78 is 3.86. The first-order chi connectivity index (χ1) is 12.3. The van der Waals surface area contributed by atoms with Crippen LogP contribution in [0.1, 0.15) is 23.4 Å². The number of H-pyrrole nitrogens is 1. The van der Waals surface area contributed by atoms with Crippen LogP contribution >= 0.6 is 0 Å². The Balaban J connectivity index is 1.65. The molecule has 124 valence electrons. The van der Waals surface area contributed by atoms with E-state index < -0.39 is 0 Å². The number of para-hydroxylation sites is 1. The Bertz CT molecular complexity index is 1120. The van der Waals surface area contributed by atoms with E-state index in [2.05, 4.69) is 21.8 Å². The van der Waals surface area contributed by atoms with Crippen molar-refractivity contribution in [1.82, 2.24) is 19.3 Å². The van der Waals surface area contributed by atoms with Gasteiger partial charge in [-0.2, -0.15) is 5.10 Å². The van der Waals surface area contributed by atoms with E-state index in [1.165, 1.54) is 11.3 Å². The van der Waals surface area contributed by atoms with Crippen LogP contribution < -0.4 is 5.56 Å². The van der Waals surface area contributed by atoms with Crippen molar-refractivity contribution in [3.05, 3.63) is 82.0 Å². The number of rotatable bonds is 3. The fourth-order valence-electron chi connectivity index (χ4n) is 3.84. The largest absolute Gasteiger partial charge is 0.360 e. The highest BCUT2D eigenvalue weighted by Gasteiger charge is 2.23. The molecule has 0 aliphatic heterocycles. The van der Waals surface area contributed by atoms with Crippen molar-refractivity contribution in [1.29, 1.82) is 0 Å². The highest BCUT2D eigenvalue weighted by Crippen LogP contribution is 2.28. The number of hydrogen-bond acceptors (Lipinski definition) is 2. The van der Waals surface area contributed by atoms with Crippen LogP contribution in [0.4, 0.5) is 0 Å². The standard InChI is InChI=1S/C20H18N4O/c25-20-10-9-16-19(11-12-21-16)23(20)13-17-15-7-4-8-18(15)24(22-17)14-5-2-1-3-6-14/h1-3,5-6,9-12,21H,4,7-8,13H2. The van der Waals surface area contributed by atoms with E-state index in [1.54, 1.807) is 6.07 Å². The van der Waals surface area contributed by atoms with Crippen LogP contribution in [0.25, 0.3) is 16.7 Å². The van der Waals surface area contributed by atoms with E-state index in [0.29, 0.717) is 6.54 Å². The molecule has 1 N–H and O–H groups in total. The van der Waals surface area contributed by atoms with Gasteiger partial charge < -0.3 is 9.55 Å². The Morgan fingerprint density at radius 3 is 2.80 bits per heavy atom. The Morgan fingerprint density at radius 2 is 1.92 bits per heavy atom. The maximum atomic E-state index is 12.4. The zero-order valence-electron chi connectivity index (χ0n) is 13.8. The second kappa shape index (κ2) is 5.48. The van der Waals surface area contributed by atoms with E-state index >= 15 is 0 Å². The summed E-state index contributed by atoms with van der Waals surface area (Å²) in [5.41, 5.74) is 6.59. The predicted octanol–water partition coefficient (Wildman–Crippen LogP) is 3.05. The van der Waals surface area contributed by atoms with Gasteiger partial charge in [-0.3, -0.25) is 4.79 Å². The Kier molecular flexibility index (Phi) is 3.13. The Labute approximate surface area is 144 Å². The van der Waals surface area contributed by atoms with Gasteiger partial charge in [0.25, 0.3) is 5.56 Å². The van der Waals surface area contributed by atoms with Crippen molar-refractivity contribution in [2.45, 2.75) is 25.8 Å². The van der Waals surface area contributed by atoms with Crippen LogP contribution in [0.2, 0.25) is 0 Å². The molecule has 3 aromatic heterocycles. The lowest BCUT2D eigenvalue weighted by Gasteiger charge is -2.07. The maximum Gasteiger partial charge on any atom is 0.251 e. The highest BCUT2D eigenvalue weighted by molar-refractivity contribution is 5.75. The van der Waals surface area contributed by atoms with Gasteiger partial charge in [-0.15, -0.1) is 0 Å². The highest BCUT2D eigenvalue weighted by atomic mass is 16.1. The molecule has 0 saturated carbocycles. The molecule has 0 bridgehead atoms. The summed E-state index contributed by atoms with van der Waals surface area (Å²) in [7, 11) is 0. The summed E-state index contributed by atoms with van der Waals surface area (Å²) >= 11 is 0. The first-order valence-electron chi connectivity index (χ1n) is 8.63. The second-order valence-corrected chi connectivity index (χ2v) is 6.51. The minimum atomic E-state index is 0.00751. The molecule has 5 nitrogen and oxygen atoms in total. The van der Waals surface area contributed by atoms with Gasteiger partial charge in [-0.25, -0.2) is 4.68 Å². The topological polar surface area (TPSA) is 55.6 Å². The average molecular weight is 330 g/mol. The molecule has 0 atom stereocenters. The molecule has 0 radical (unpaired) electrons. The van der Waals surface area contributed by atoms with Crippen molar-refractivity contribution in [2.24, 2.45) is 0 Å². The third kappa shape index (κ3) is 2.23. The smallest absolute Gasteiger partial charge is 0.251 e. The summed E-state index contributed by atoms with van der Waals surface area (Å²) in [6, 6.07) is 15.6. The predicted molar refractivity (Wildman–Crippen MR) is 97.2 cm³/mol. The summed E-state index contributed by atoms with van der Waals surface area (Å²) in [5, 5.41) is 4.88. The number of nitrogens with one attached hydrogen (secondary N) is 1. The van der Waals surface area contributed by atoms with Crippen LogP contribution in [0, 0.1) is 0 Å². The molecule has 5 rings (SSSR count). The number of pyridine rings is 1. The lowest BCUT2D eigenvalue weighted by Crippen LogP contribution is -2.20. The first-order valence-corrected chi connectivity index (χ1v) is 8.63. The minimum Gasteiger partial charge on any atom is -0.360 e. The van der Waals surface area contributed by atoms with Crippen molar-refractivity contribution in [3.8, 4) is 5.69 Å². The third-order valence-corrected chi connectivity index (χ3v) is 5.03. The molecule has 0 unspecified atom stereocenters. The Hall–Kier alpha value is -3.08. The van der Waals surface area contributed by atoms with E-state index in [9.17, 15) is 4.79 Å². The van der Waals surface area contributed by atoms with E-state index in [0.717, 1.165) is 41.7 Å². The molecule has 0 fully saturated rings. The molecule has 0 spiro atoms. The van der Waals surface area contributed by atoms with Gasteiger partial charge >= 0.3 is 0 Å². The van der Waals surface area contributed by atoms with Gasteiger partial charge in [0, 0.05) is 18.0 Å². The normalized spacial score (nSPS) is 13.4. The van der Waals surface area contributed by atoms with Crippen molar-refractivity contribution >= 4 is 11.0 Å². The number of nitrogens with zero attached hydrogens (tertiary/aromatic N) is 3. The van der Waals surface area contributed by atoms with Crippen LogP contribution in [0.3, 0.4) is 0 Å². The SMILES string of the molecule is O=c1ccc2[nH]ccc2n1Cc1nn(-c2ccccc2)c2c1CCC2. The fourth-order valence-corrected chi connectivity index (χ4v) is 3.84. The molecule has 1 aromatic carbocycles. The van der Waals surface area contributed by atoms with Gasteiger partial charge in [-0.05, 0) is 49.1 Å². The average Bonchev–Trinajstić information content (AvgIpc) is 3.35. The van der Waals surface area contributed by atoms with Gasteiger partial charge in [0.05, 0.1) is 29.0 Å². The van der Waals surface area contributed by atoms with Gasteiger partial charge in [0.15, 0.2) is 0 Å². The zero-order chi connectivity index (χ0) is 16.8. The minimum absolute atomic E-state index is 0.00751. The maximum absolute atomic E-state index is 12.4. The molecule has 1 aliphatic rings. The number of fused-ring (bicyclic) bond motifs is 2. The van der Waals surface area contributed by atoms with Crippen LogP contribution in [-0.2, 0) is 19.4 Å². The van der Waals surface area contributed by atoms with Gasteiger partial charge in [-0.1, -0.05) is 18.2 Å². The molecule has 0 amide bonds. The van der Waals surface area contributed by atoms with E-state index in [-0.39, 0.29) is 5.56 Å². The molecular weight excluding hydrogens is 312 g/mol. The monoisotopic (exact) mass is 330 g/mol. The van der Waals surface area contributed by atoms with E-state index in [4.69, 9.17) is 5.10 Å². The third-order valence-electron chi connectivity index (χ3n) is 5.03. The zero-order valence-corrected chi connectivity index (χ0v) is 13.8. The molecule has 4 aromatic rings. The fraction of sp³-hybridized carbons (Fsp3) is 0.200. The van der Waals surface area contributed by atoms with Crippen LogP contribution in [0.5, 0.6) is 0 Å². The van der Waals surface area contributed by atoms with Crippen LogP contribution in [-0.4, -0.2) is 19.3 Å². The molecule has 3 heterocycles. The number of aromatic amines is 1. The lowest BCUT2D eigenvalue weighted by atomic mass is 10.2. The molecular formula is C20H18N4O. The summed E-state index contributed by atoms with van der Waals surface area (Å²) in [6.45, 7) is 0.510. The van der Waals surface area contributed by atoms with Crippen LogP contribution in [0.15, 0.2) is 59.5 Å². The molecule has 1 aliphatic carbocycles. The van der Waals surface area contributed by atoms with E-state index in [1.807, 2.05) is 41.1 Å². The van der Waals surface area contributed by atoms with Crippen molar-refractivity contribution in [3.63, 3.8) is 0 Å². The Morgan fingerprint density at radius 1 is 1.04 bits per heavy atom.